The summed E-state index contributed by atoms with van der Waals surface area (Å²) in [7, 11) is -3.81. The van der Waals surface area contributed by atoms with Crippen molar-refractivity contribution < 1.29 is 13.2 Å². The monoisotopic (exact) mass is 494 g/mol. The number of anilines is 1. The molecule has 2 atom stereocenters. The van der Waals surface area contributed by atoms with Crippen LogP contribution in [0.4, 0.5) is 5.69 Å². The van der Waals surface area contributed by atoms with Crippen LogP contribution in [0, 0.1) is 30.6 Å². The number of carbonyl (C=O) groups excluding carboxylic acids is 1. The van der Waals surface area contributed by atoms with E-state index in [-0.39, 0.29) is 16.7 Å². The second-order valence-corrected chi connectivity index (χ2v) is 13.3. The average molecular weight is 495 g/mol. The zero-order valence-corrected chi connectivity index (χ0v) is 21.9. The molecule has 4 fully saturated rings. The fourth-order valence-electron chi connectivity index (χ4n) is 7.21. The fourth-order valence-corrected chi connectivity index (χ4v) is 8.51. The molecule has 35 heavy (non-hydrogen) atoms. The van der Waals surface area contributed by atoms with Crippen LogP contribution in [0.1, 0.15) is 69.9 Å². The Morgan fingerprint density at radius 3 is 2.00 bits per heavy atom. The van der Waals surface area contributed by atoms with Gasteiger partial charge in [-0.25, -0.2) is 8.42 Å². The molecule has 4 aliphatic carbocycles. The first-order valence-electron chi connectivity index (χ1n) is 13.2. The second kappa shape index (κ2) is 9.36. The van der Waals surface area contributed by atoms with Gasteiger partial charge in [0.15, 0.2) is 0 Å². The summed E-state index contributed by atoms with van der Waals surface area (Å²) < 4.78 is 28.6. The summed E-state index contributed by atoms with van der Waals surface area (Å²) in [6, 6.07) is 14.2. The van der Waals surface area contributed by atoms with E-state index >= 15 is 0 Å². The molecule has 2 aromatic carbocycles. The summed E-state index contributed by atoms with van der Waals surface area (Å²) in [6.45, 7) is 5.77. The SMILES string of the molecule is CC[C@@H](C)[C@@H](NS(=O)(=O)c1ccc(C)cc1)C(=O)Nc1ccc(C23CC4CC(CC(C4)C2)C3)cc1. The Hall–Kier alpha value is -2.18. The number of hydrogen-bond acceptors (Lipinski definition) is 3. The molecule has 6 heteroatoms. The quantitative estimate of drug-likeness (QED) is 0.487. The predicted octanol–water partition coefficient (Wildman–Crippen LogP) is 5.79. The van der Waals surface area contributed by atoms with E-state index in [2.05, 4.69) is 22.2 Å². The number of hydrogen-bond donors (Lipinski definition) is 2. The minimum atomic E-state index is -3.81. The third-order valence-corrected chi connectivity index (χ3v) is 10.4. The summed E-state index contributed by atoms with van der Waals surface area (Å²) in [5, 5.41) is 2.98. The zero-order chi connectivity index (χ0) is 24.8. The number of benzene rings is 2. The van der Waals surface area contributed by atoms with Crippen LogP contribution in [0.15, 0.2) is 53.4 Å². The number of aryl methyl sites for hydroxylation is 1. The van der Waals surface area contributed by atoms with E-state index in [1.807, 2.05) is 32.9 Å². The van der Waals surface area contributed by atoms with Crippen molar-refractivity contribution >= 4 is 21.6 Å². The van der Waals surface area contributed by atoms with Crippen molar-refractivity contribution in [3.8, 4) is 0 Å². The Morgan fingerprint density at radius 2 is 1.49 bits per heavy atom. The lowest BCUT2D eigenvalue weighted by Gasteiger charge is -2.57. The largest absolute Gasteiger partial charge is 0.325 e. The van der Waals surface area contributed by atoms with Crippen LogP contribution in [0.3, 0.4) is 0 Å². The maximum Gasteiger partial charge on any atom is 0.242 e. The molecule has 188 valence electrons. The van der Waals surface area contributed by atoms with Gasteiger partial charge in [0.1, 0.15) is 6.04 Å². The van der Waals surface area contributed by atoms with Crippen molar-refractivity contribution in [2.24, 2.45) is 23.7 Å². The molecular weight excluding hydrogens is 456 g/mol. The molecule has 0 unspecified atom stereocenters. The number of sulfonamides is 1. The lowest BCUT2D eigenvalue weighted by Crippen LogP contribution is -2.48. The van der Waals surface area contributed by atoms with Crippen LogP contribution >= 0.6 is 0 Å². The summed E-state index contributed by atoms with van der Waals surface area (Å²) >= 11 is 0. The predicted molar refractivity (Wildman–Crippen MR) is 140 cm³/mol. The highest BCUT2D eigenvalue weighted by Crippen LogP contribution is 2.60. The molecule has 0 aromatic heterocycles. The molecule has 5 nitrogen and oxygen atoms in total. The summed E-state index contributed by atoms with van der Waals surface area (Å²) in [5.74, 6) is 2.19. The third-order valence-electron chi connectivity index (χ3n) is 8.91. The zero-order valence-electron chi connectivity index (χ0n) is 21.1. The topological polar surface area (TPSA) is 75.3 Å². The van der Waals surface area contributed by atoms with Gasteiger partial charge >= 0.3 is 0 Å². The molecular formula is C29H38N2O3S. The summed E-state index contributed by atoms with van der Waals surface area (Å²) in [5.41, 5.74) is 3.43. The van der Waals surface area contributed by atoms with Gasteiger partial charge in [-0.3, -0.25) is 4.79 Å². The van der Waals surface area contributed by atoms with Crippen LogP contribution in [-0.4, -0.2) is 20.4 Å². The van der Waals surface area contributed by atoms with Gasteiger partial charge in [-0.05, 0) is 104 Å². The first kappa shape index (κ1) is 24.5. The molecule has 0 aliphatic heterocycles. The standard InChI is InChI=1S/C29H38N2O3S/c1-4-20(3)27(31-35(33,34)26-11-5-19(2)6-12-26)28(32)30-25-9-7-24(8-10-25)29-16-21-13-22(17-29)15-23(14-21)18-29/h5-12,20-23,27,31H,4,13-18H2,1-3H3,(H,30,32)/t20-,21?,22?,23?,27-,29?/m1/s1. The minimum absolute atomic E-state index is 0.151. The Labute approximate surface area is 210 Å². The molecule has 0 heterocycles. The van der Waals surface area contributed by atoms with E-state index in [0.29, 0.717) is 17.5 Å². The number of amides is 1. The van der Waals surface area contributed by atoms with Crippen molar-refractivity contribution in [1.82, 2.24) is 4.72 Å². The van der Waals surface area contributed by atoms with E-state index in [4.69, 9.17) is 0 Å². The van der Waals surface area contributed by atoms with Gasteiger partial charge in [0.25, 0.3) is 0 Å². The minimum Gasteiger partial charge on any atom is -0.325 e. The smallest absolute Gasteiger partial charge is 0.242 e. The van der Waals surface area contributed by atoms with Crippen LogP contribution in [0.25, 0.3) is 0 Å². The number of nitrogens with one attached hydrogen (secondary N) is 2. The van der Waals surface area contributed by atoms with E-state index in [0.717, 1.165) is 23.3 Å². The lowest BCUT2D eigenvalue weighted by molar-refractivity contribution is -0.118. The molecule has 1 amide bonds. The van der Waals surface area contributed by atoms with Gasteiger partial charge < -0.3 is 5.32 Å². The lowest BCUT2D eigenvalue weighted by atomic mass is 9.48. The molecule has 4 saturated carbocycles. The second-order valence-electron chi connectivity index (χ2n) is 11.6. The van der Waals surface area contributed by atoms with Gasteiger partial charge in [-0.1, -0.05) is 50.1 Å². The highest BCUT2D eigenvalue weighted by atomic mass is 32.2. The van der Waals surface area contributed by atoms with Gasteiger partial charge in [0.05, 0.1) is 4.90 Å². The van der Waals surface area contributed by atoms with Crippen molar-refractivity contribution in [3.05, 3.63) is 59.7 Å². The van der Waals surface area contributed by atoms with Crippen molar-refractivity contribution in [1.29, 1.82) is 0 Å². The highest BCUT2D eigenvalue weighted by Gasteiger charge is 2.51. The van der Waals surface area contributed by atoms with E-state index < -0.39 is 16.1 Å². The molecule has 4 aliphatic rings. The van der Waals surface area contributed by atoms with Gasteiger partial charge in [0, 0.05) is 5.69 Å². The van der Waals surface area contributed by atoms with E-state index in [1.54, 1.807) is 24.3 Å². The average Bonchev–Trinajstić information content (AvgIpc) is 2.82. The third kappa shape index (κ3) is 4.92. The Morgan fingerprint density at radius 1 is 0.943 bits per heavy atom. The van der Waals surface area contributed by atoms with E-state index in [1.165, 1.54) is 44.1 Å². The Balaban J connectivity index is 1.30. The molecule has 0 spiro atoms. The van der Waals surface area contributed by atoms with Crippen LogP contribution in [0.2, 0.25) is 0 Å². The summed E-state index contributed by atoms with van der Waals surface area (Å²) in [4.78, 5) is 13.4. The molecule has 4 bridgehead atoms. The van der Waals surface area contributed by atoms with Gasteiger partial charge in [-0.15, -0.1) is 0 Å². The normalized spacial score (nSPS) is 29.1. The van der Waals surface area contributed by atoms with Crippen LogP contribution in [0.5, 0.6) is 0 Å². The fraction of sp³-hybridized carbons (Fsp3) is 0.552. The van der Waals surface area contributed by atoms with E-state index in [9.17, 15) is 13.2 Å². The van der Waals surface area contributed by atoms with Crippen molar-refractivity contribution in [3.63, 3.8) is 0 Å². The maximum atomic E-state index is 13.2. The van der Waals surface area contributed by atoms with Crippen LogP contribution in [-0.2, 0) is 20.2 Å². The first-order chi connectivity index (χ1) is 16.7. The number of rotatable bonds is 8. The van der Waals surface area contributed by atoms with Crippen molar-refractivity contribution in [2.75, 3.05) is 5.32 Å². The highest BCUT2D eigenvalue weighted by molar-refractivity contribution is 7.89. The molecule has 6 rings (SSSR count). The maximum absolute atomic E-state index is 13.2. The van der Waals surface area contributed by atoms with Gasteiger partial charge in [0.2, 0.25) is 15.9 Å². The Bertz CT molecular complexity index is 1140. The molecule has 2 N–H and O–H groups in total. The van der Waals surface area contributed by atoms with Crippen molar-refractivity contribution in [2.45, 2.75) is 82.1 Å². The van der Waals surface area contributed by atoms with Gasteiger partial charge in [-0.2, -0.15) is 4.72 Å². The number of carbonyl (C=O) groups is 1. The molecule has 2 aromatic rings. The molecule has 0 saturated heterocycles. The molecule has 0 radical (unpaired) electrons. The summed E-state index contributed by atoms with van der Waals surface area (Å²) in [6.07, 6.45) is 8.86. The Kier molecular flexibility index (Phi) is 6.56. The van der Waals surface area contributed by atoms with Crippen LogP contribution < -0.4 is 10.0 Å². The first-order valence-corrected chi connectivity index (χ1v) is 14.7.